The summed E-state index contributed by atoms with van der Waals surface area (Å²) in [6.07, 6.45) is 0.0714. The van der Waals surface area contributed by atoms with Crippen molar-refractivity contribution in [2.45, 2.75) is 26.1 Å². The van der Waals surface area contributed by atoms with Gasteiger partial charge in [-0.1, -0.05) is 13.3 Å². The van der Waals surface area contributed by atoms with E-state index in [-0.39, 0.29) is 6.54 Å². The van der Waals surface area contributed by atoms with Gasteiger partial charge < -0.3 is 0 Å². The zero-order valence-corrected chi connectivity index (χ0v) is 6.62. The molecule has 0 aromatic heterocycles. The molecule has 0 spiro atoms. The van der Waals surface area contributed by atoms with Crippen molar-refractivity contribution in [1.82, 2.24) is 5.32 Å². The first-order chi connectivity index (χ1) is 4.66. The minimum atomic E-state index is -1.10. The summed E-state index contributed by atoms with van der Waals surface area (Å²) in [4.78, 5) is 10.1. The largest absolute Gasteiger partial charge is 0.280 e. The molecule has 0 heterocycles. The number of hydrogen-bond acceptors (Lipinski definition) is 2. The highest BCUT2D eigenvalue weighted by molar-refractivity contribution is 6.64. The number of carbonyl (C=O) groups excluding carboxylic acids is 1. The molecule has 0 aliphatic rings. The summed E-state index contributed by atoms with van der Waals surface area (Å²) in [5.74, 6) is 0. The molecule has 0 rings (SSSR count). The fourth-order valence-corrected chi connectivity index (χ4v) is 0.624. The van der Waals surface area contributed by atoms with Gasteiger partial charge in [0, 0.05) is 0 Å². The van der Waals surface area contributed by atoms with Crippen LogP contribution in [0.4, 0.5) is 4.39 Å². The molecule has 0 fully saturated rings. The van der Waals surface area contributed by atoms with Crippen LogP contribution in [0.5, 0.6) is 0 Å². The molecule has 4 heteroatoms. The summed E-state index contributed by atoms with van der Waals surface area (Å²) >= 11 is 4.95. The van der Waals surface area contributed by atoms with E-state index in [9.17, 15) is 9.18 Å². The molecule has 60 valence electrons. The third-order valence-electron chi connectivity index (χ3n) is 1.00. The van der Waals surface area contributed by atoms with Crippen molar-refractivity contribution in [3.8, 4) is 0 Å². The van der Waals surface area contributed by atoms with Crippen molar-refractivity contribution < 1.29 is 9.18 Å². The number of alkyl halides is 1. The molecule has 2 nitrogen and oxygen atoms in total. The van der Waals surface area contributed by atoms with Crippen molar-refractivity contribution >= 4 is 16.8 Å². The van der Waals surface area contributed by atoms with Crippen LogP contribution in [0.1, 0.15) is 19.8 Å². The second-order valence-corrected chi connectivity index (χ2v) is 2.41. The van der Waals surface area contributed by atoms with Gasteiger partial charge in [-0.25, -0.2) is 4.39 Å². The zero-order valence-electron chi connectivity index (χ0n) is 5.86. The normalized spacial score (nSPS) is 13.1. The summed E-state index contributed by atoms with van der Waals surface area (Å²) in [5, 5.41) is 1.78. The summed E-state index contributed by atoms with van der Waals surface area (Å²) in [7, 11) is 0. The van der Waals surface area contributed by atoms with Gasteiger partial charge in [0.2, 0.25) is 5.24 Å². The Labute approximate surface area is 64.7 Å². The molecule has 1 N–H and O–H groups in total. The number of halogens is 2. The fourth-order valence-electron chi connectivity index (χ4n) is 0.546. The maximum atomic E-state index is 12.4. The molecule has 10 heavy (non-hydrogen) atoms. The molecule has 0 aliphatic carbocycles. The van der Waals surface area contributed by atoms with Gasteiger partial charge in [0.25, 0.3) is 0 Å². The monoisotopic (exact) mass is 167 g/mol. The van der Waals surface area contributed by atoms with Crippen molar-refractivity contribution in [3.05, 3.63) is 0 Å². The van der Waals surface area contributed by atoms with Gasteiger partial charge in [0.1, 0.15) is 0 Å². The van der Waals surface area contributed by atoms with Crippen LogP contribution in [-0.2, 0) is 4.79 Å². The van der Waals surface area contributed by atoms with Gasteiger partial charge in [0.15, 0.2) is 6.30 Å². The van der Waals surface area contributed by atoms with Gasteiger partial charge in [-0.2, -0.15) is 0 Å². The molecule has 0 radical (unpaired) electrons. The molecule has 0 saturated heterocycles. The molecule has 0 aliphatic heterocycles. The highest BCUT2D eigenvalue weighted by Gasteiger charge is 2.04. The van der Waals surface area contributed by atoms with Gasteiger partial charge >= 0.3 is 0 Å². The molecule has 0 aromatic carbocycles. The smallest absolute Gasteiger partial charge is 0.235 e. The summed E-state index contributed by atoms with van der Waals surface area (Å²) in [6, 6.07) is 0. The van der Waals surface area contributed by atoms with E-state index in [0.29, 0.717) is 6.42 Å². The first-order valence-electron chi connectivity index (χ1n) is 3.22. The summed E-state index contributed by atoms with van der Waals surface area (Å²) in [6.45, 7) is 1.78. The van der Waals surface area contributed by atoms with Gasteiger partial charge in [0.05, 0.1) is 6.54 Å². The molecule has 0 aromatic rings. The van der Waals surface area contributed by atoms with E-state index in [0.717, 1.165) is 6.42 Å². The topological polar surface area (TPSA) is 29.1 Å². The zero-order chi connectivity index (χ0) is 7.98. The van der Waals surface area contributed by atoms with Crippen LogP contribution in [0.2, 0.25) is 0 Å². The van der Waals surface area contributed by atoms with Gasteiger partial charge in [-0.3, -0.25) is 10.1 Å². The lowest BCUT2D eigenvalue weighted by Gasteiger charge is -2.05. The second-order valence-electron chi connectivity index (χ2n) is 1.99. The van der Waals surface area contributed by atoms with E-state index < -0.39 is 11.5 Å². The van der Waals surface area contributed by atoms with Crippen molar-refractivity contribution in [2.24, 2.45) is 0 Å². The SMILES string of the molecule is CCCC(F)NCC(=O)Cl. The molecule has 1 unspecified atom stereocenters. The Morgan fingerprint density at radius 3 is 2.80 bits per heavy atom. The Bertz CT molecular complexity index is 110. The highest BCUT2D eigenvalue weighted by atomic mass is 35.5. The Balaban J connectivity index is 3.21. The molecule has 0 amide bonds. The average molecular weight is 168 g/mol. The third kappa shape index (κ3) is 5.98. The van der Waals surface area contributed by atoms with E-state index >= 15 is 0 Å². The molecule has 0 saturated carbocycles. The minimum Gasteiger partial charge on any atom is -0.280 e. The number of hydrogen-bond donors (Lipinski definition) is 1. The lowest BCUT2D eigenvalue weighted by Crippen LogP contribution is -2.28. The Hall–Kier alpha value is -0.150. The average Bonchev–Trinajstić information content (AvgIpc) is 1.85. The molecular weight excluding hydrogens is 157 g/mol. The van der Waals surface area contributed by atoms with E-state index in [4.69, 9.17) is 11.6 Å². The van der Waals surface area contributed by atoms with Gasteiger partial charge in [-0.15, -0.1) is 0 Å². The van der Waals surface area contributed by atoms with Crippen LogP contribution in [0.3, 0.4) is 0 Å². The van der Waals surface area contributed by atoms with Crippen LogP contribution in [0.25, 0.3) is 0 Å². The maximum absolute atomic E-state index is 12.4. The number of rotatable bonds is 5. The van der Waals surface area contributed by atoms with Crippen LogP contribution < -0.4 is 5.32 Å². The Morgan fingerprint density at radius 1 is 1.80 bits per heavy atom. The van der Waals surface area contributed by atoms with Crippen molar-refractivity contribution in [3.63, 3.8) is 0 Å². The van der Waals surface area contributed by atoms with Crippen molar-refractivity contribution in [2.75, 3.05) is 6.54 Å². The van der Waals surface area contributed by atoms with Crippen molar-refractivity contribution in [1.29, 1.82) is 0 Å². The number of carbonyl (C=O) groups is 1. The predicted molar refractivity (Wildman–Crippen MR) is 38.7 cm³/mol. The van der Waals surface area contributed by atoms with Crippen LogP contribution in [-0.4, -0.2) is 18.1 Å². The molecular formula is C6H11ClFNO. The lowest BCUT2D eigenvalue weighted by molar-refractivity contribution is -0.111. The maximum Gasteiger partial charge on any atom is 0.235 e. The van der Waals surface area contributed by atoms with E-state index in [2.05, 4.69) is 5.32 Å². The molecule has 0 bridgehead atoms. The van der Waals surface area contributed by atoms with E-state index in [1.807, 2.05) is 6.92 Å². The lowest BCUT2D eigenvalue weighted by atomic mass is 10.3. The highest BCUT2D eigenvalue weighted by Crippen LogP contribution is 1.96. The van der Waals surface area contributed by atoms with Gasteiger partial charge in [-0.05, 0) is 18.0 Å². The number of nitrogens with one attached hydrogen (secondary N) is 1. The van der Waals surface area contributed by atoms with Crippen LogP contribution in [0.15, 0.2) is 0 Å². The molecule has 1 atom stereocenters. The summed E-state index contributed by atoms with van der Waals surface area (Å²) < 4.78 is 12.4. The Morgan fingerprint density at radius 2 is 2.40 bits per heavy atom. The third-order valence-corrected chi connectivity index (χ3v) is 1.14. The standard InChI is InChI=1S/C6H11ClFNO/c1-2-3-6(8)9-4-5(7)10/h6,9H,2-4H2,1H3. The van der Waals surface area contributed by atoms with Crippen LogP contribution >= 0.6 is 11.6 Å². The van der Waals surface area contributed by atoms with Crippen LogP contribution in [0, 0.1) is 0 Å². The minimum absolute atomic E-state index is 0.0945. The quantitative estimate of drug-likeness (QED) is 0.496. The Kier molecular flexibility index (Phi) is 5.54. The summed E-state index contributed by atoms with van der Waals surface area (Å²) in [5.41, 5.74) is 0. The first-order valence-corrected chi connectivity index (χ1v) is 3.60. The fraction of sp³-hybridized carbons (Fsp3) is 0.833. The second kappa shape index (κ2) is 5.62. The predicted octanol–water partition coefficient (Wildman–Crippen LogP) is 1.44. The van der Waals surface area contributed by atoms with E-state index in [1.54, 1.807) is 0 Å². The first kappa shape index (κ1) is 9.85. The van der Waals surface area contributed by atoms with E-state index in [1.165, 1.54) is 0 Å².